The Morgan fingerprint density at radius 1 is 0.759 bits per heavy atom. The van der Waals surface area contributed by atoms with Crippen molar-refractivity contribution in [2.75, 3.05) is 5.32 Å². The lowest BCUT2D eigenvalue weighted by atomic mass is 9.86. The SMILES string of the molecule is O=C(CCc1ccccc1)Nc1cccc2c1C=C(c1ccccc1)C(=O)C2=O. The summed E-state index contributed by atoms with van der Waals surface area (Å²) in [4.78, 5) is 37.7. The van der Waals surface area contributed by atoms with E-state index in [0.29, 0.717) is 40.8 Å². The highest BCUT2D eigenvalue weighted by Gasteiger charge is 2.29. The summed E-state index contributed by atoms with van der Waals surface area (Å²) in [6.45, 7) is 0. The van der Waals surface area contributed by atoms with E-state index in [4.69, 9.17) is 0 Å². The minimum atomic E-state index is -0.554. The number of amides is 1. The summed E-state index contributed by atoms with van der Waals surface area (Å²) in [5.74, 6) is -1.22. The van der Waals surface area contributed by atoms with Gasteiger partial charge in [-0.3, -0.25) is 14.4 Å². The largest absolute Gasteiger partial charge is 0.326 e. The number of carbonyl (C=O) groups is 3. The Morgan fingerprint density at radius 3 is 2.17 bits per heavy atom. The molecule has 1 aliphatic rings. The zero-order valence-corrected chi connectivity index (χ0v) is 15.7. The molecule has 0 heterocycles. The third kappa shape index (κ3) is 3.92. The van der Waals surface area contributed by atoms with Crippen LogP contribution in [0.5, 0.6) is 0 Å². The van der Waals surface area contributed by atoms with Gasteiger partial charge in [-0.2, -0.15) is 0 Å². The fourth-order valence-corrected chi connectivity index (χ4v) is 3.43. The number of fused-ring (bicyclic) bond motifs is 1. The molecule has 0 saturated carbocycles. The molecular weight excluding hydrogens is 362 g/mol. The van der Waals surface area contributed by atoms with Crippen LogP contribution in [0, 0.1) is 0 Å². The van der Waals surface area contributed by atoms with E-state index in [1.54, 1.807) is 36.4 Å². The molecule has 0 saturated heterocycles. The van der Waals surface area contributed by atoms with E-state index in [1.165, 1.54) is 0 Å². The summed E-state index contributed by atoms with van der Waals surface area (Å²) in [6, 6.07) is 23.9. The number of rotatable bonds is 5. The van der Waals surface area contributed by atoms with E-state index in [2.05, 4.69) is 5.32 Å². The number of hydrogen-bond donors (Lipinski definition) is 1. The molecule has 1 aliphatic carbocycles. The second kappa shape index (κ2) is 8.07. The predicted molar refractivity (Wildman–Crippen MR) is 113 cm³/mol. The Hall–Kier alpha value is -3.79. The van der Waals surface area contributed by atoms with Crippen LogP contribution in [0.1, 0.15) is 33.5 Å². The molecule has 142 valence electrons. The highest BCUT2D eigenvalue weighted by atomic mass is 16.2. The van der Waals surface area contributed by atoms with Gasteiger partial charge < -0.3 is 5.32 Å². The van der Waals surface area contributed by atoms with Crippen molar-refractivity contribution in [1.82, 2.24) is 0 Å². The van der Waals surface area contributed by atoms with E-state index in [0.717, 1.165) is 5.56 Å². The second-order valence-electron chi connectivity index (χ2n) is 6.88. The topological polar surface area (TPSA) is 63.2 Å². The number of ketones is 2. The van der Waals surface area contributed by atoms with Gasteiger partial charge in [0.05, 0.1) is 0 Å². The number of anilines is 1. The molecule has 4 rings (SSSR count). The maximum atomic E-state index is 12.6. The molecule has 4 heteroatoms. The third-order valence-corrected chi connectivity index (χ3v) is 4.93. The van der Waals surface area contributed by atoms with Crippen LogP contribution in [-0.4, -0.2) is 17.5 Å². The van der Waals surface area contributed by atoms with Crippen molar-refractivity contribution in [2.24, 2.45) is 0 Å². The van der Waals surface area contributed by atoms with Crippen LogP contribution < -0.4 is 5.32 Å². The van der Waals surface area contributed by atoms with Gasteiger partial charge in [0.25, 0.3) is 0 Å². The van der Waals surface area contributed by atoms with E-state index < -0.39 is 11.6 Å². The number of aryl methyl sites for hydroxylation is 1. The number of benzene rings is 3. The van der Waals surface area contributed by atoms with Crippen molar-refractivity contribution < 1.29 is 14.4 Å². The molecule has 0 spiro atoms. The summed E-state index contributed by atoms with van der Waals surface area (Å²) in [6.07, 6.45) is 2.65. The fourth-order valence-electron chi connectivity index (χ4n) is 3.43. The Labute approximate surface area is 168 Å². The van der Waals surface area contributed by atoms with Crippen LogP contribution in [0.3, 0.4) is 0 Å². The number of carbonyl (C=O) groups excluding carboxylic acids is 3. The minimum absolute atomic E-state index is 0.138. The van der Waals surface area contributed by atoms with Gasteiger partial charge in [0.15, 0.2) is 0 Å². The van der Waals surface area contributed by atoms with Crippen LogP contribution in [-0.2, 0) is 16.0 Å². The molecule has 0 radical (unpaired) electrons. The summed E-state index contributed by atoms with van der Waals surface area (Å²) in [5.41, 5.74) is 3.54. The van der Waals surface area contributed by atoms with Gasteiger partial charge in [0.2, 0.25) is 17.5 Å². The molecule has 0 aromatic heterocycles. The van der Waals surface area contributed by atoms with Crippen molar-refractivity contribution in [3.05, 3.63) is 101 Å². The fraction of sp³-hybridized carbons (Fsp3) is 0.0800. The summed E-state index contributed by atoms with van der Waals surface area (Å²) >= 11 is 0. The van der Waals surface area contributed by atoms with Gasteiger partial charge in [-0.25, -0.2) is 0 Å². The van der Waals surface area contributed by atoms with Gasteiger partial charge in [-0.15, -0.1) is 0 Å². The maximum Gasteiger partial charge on any atom is 0.234 e. The third-order valence-electron chi connectivity index (χ3n) is 4.93. The molecule has 4 nitrogen and oxygen atoms in total. The molecule has 0 aliphatic heterocycles. The molecule has 0 bridgehead atoms. The highest BCUT2D eigenvalue weighted by Crippen LogP contribution is 2.32. The van der Waals surface area contributed by atoms with Crippen LogP contribution in [0.15, 0.2) is 78.9 Å². The van der Waals surface area contributed by atoms with E-state index >= 15 is 0 Å². The zero-order valence-electron chi connectivity index (χ0n) is 15.7. The quantitative estimate of drug-likeness (QED) is 0.659. The molecule has 0 unspecified atom stereocenters. The van der Waals surface area contributed by atoms with Crippen LogP contribution in [0.2, 0.25) is 0 Å². The molecule has 3 aromatic carbocycles. The summed E-state index contributed by atoms with van der Waals surface area (Å²) in [7, 11) is 0. The smallest absolute Gasteiger partial charge is 0.234 e. The Morgan fingerprint density at radius 2 is 1.45 bits per heavy atom. The first-order chi connectivity index (χ1) is 14.1. The average Bonchev–Trinajstić information content (AvgIpc) is 2.76. The highest BCUT2D eigenvalue weighted by molar-refractivity contribution is 6.61. The predicted octanol–water partition coefficient (Wildman–Crippen LogP) is 4.56. The Kier molecular flexibility index (Phi) is 5.16. The number of hydrogen-bond acceptors (Lipinski definition) is 3. The standard InChI is InChI=1S/C25H19NO3/c27-23(15-14-17-8-3-1-4-9-17)26-22-13-7-12-19-21(22)16-20(25(29)24(19)28)18-10-5-2-6-11-18/h1-13,16H,14-15H2,(H,26,27). The second-order valence-corrected chi connectivity index (χ2v) is 6.88. The lowest BCUT2D eigenvalue weighted by Gasteiger charge is -2.18. The van der Waals surface area contributed by atoms with Crippen molar-refractivity contribution in [2.45, 2.75) is 12.8 Å². The number of nitrogens with one attached hydrogen (secondary N) is 1. The van der Waals surface area contributed by atoms with Crippen LogP contribution in [0.25, 0.3) is 11.6 Å². The van der Waals surface area contributed by atoms with Crippen molar-refractivity contribution in [3.63, 3.8) is 0 Å². The van der Waals surface area contributed by atoms with Gasteiger partial charge in [-0.05, 0) is 29.7 Å². The monoisotopic (exact) mass is 381 g/mol. The molecule has 1 N–H and O–H groups in total. The van der Waals surface area contributed by atoms with E-state index in [9.17, 15) is 14.4 Å². The number of allylic oxidation sites excluding steroid dienone is 1. The van der Waals surface area contributed by atoms with E-state index in [1.807, 2.05) is 48.5 Å². The first-order valence-corrected chi connectivity index (χ1v) is 9.46. The molecule has 3 aromatic rings. The lowest BCUT2D eigenvalue weighted by molar-refractivity contribution is -0.116. The zero-order chi connectivity index (χ0) is 20.2. The minimum Gasteiger partial charge on any atom is -0.326 e. The van der Waals surface area contributed by atoms with Crippen molar-refractivity contribution >= 4 is 34.8 Å². The maximum absolute atomic E-state index is 12.6. The average molecular weight is 381 g/mol. The molecule has 0 atom stereocenters. The van der Waals surface area contributed by atoms with Crippen LogP contribution in [0.4, 0.5) is 5.69 Å². The summed E-state index contributed by atoms with van der Waals surface area (Å²) in [5, 5.41) is 2.90. The normalized spacial score (nSPS) is 12.9. The molecule has 0 fully saturated rings. The number of Topliss-reactive ketones (excluding diaryl/α,β-unsaturated/α-hetero) is 2. The van der Waals surface area contributed by atoms with Gasteiger partial charge in [0, 0.05) is 28.8 Å². The molecule has 29 heavy (non-hydrogen) atoms. The Balaban J connectivity index is 1.61. The van der Waals surface area contributed by atoms with Gasteiger partial charge in [-0.1, -0.05) is 72.8 Å². The van der Waals surface area contributed by atoms with Gasteiger partial charge in [0.1, 0.15) is 0 Å². The molecular formula is C25H19NO3. The van der Waals surface area contributed by atoms with Crippen molar-refractivity contribution in [3.8, 4) is 0 Å². The van der Waals surface area contributed by atoms with E-state index in [-0.39, 0.29) is 5.91 Å². The van der Waals surface area contributed by atoms with Crippen molar-refractivity contribution in [1.29, 1.82) is 0 Å². The molecule has 1 amide bonds. The van der Waals surface area contributed by atoms with Gasteiger partial charge >= 0.3 is 0 Å². The summed E-state index contributed by atoms with van der Waals surface area (Å²) < 4.78 is 0. The van der Waals surface area contributed by atoms with Crippen LogP contribution >= 0.6 is 0 Å². The Bertz CT molecular complexity index is 1120. The lowest BCUT2D eigenvalue weighted by Crippen LogP contribution is -2.22. The first-order valence-electron chi connectivity index (χ1n) is 9.46. The first kappa shape index (κ1) is 18.6.